The molecule has 1 aromatic carbocycles. The summed E-state index contributed by atoms with van der Waals surface area (Å²) in [5, 5.41) is 22.6. The van der Waals surface area contributed by atoms with Gasteiger partial charge in [-0.15, -0.1) is 0 Å². The van der Waals surface area contributed by atoms with Crippen molar-refractivity contribution in [2.24, 2.45) is 0 Å². The Morgan fingerprint density at radius 2 is 1.83 bits per heavy atom. The molecule has 2 aliphatic heterocycles. The molecule has 12 nitrogen and oxygen atoms in total. The van der Waals surface area contributed by atoms with Crippen molar-refractivity contribution in [1.82, 2.24) is 14.9 Å². The summed E-state index contributed by atoms with van der Waals surface area (Å²) in [5.41, 5.74) is 0.450. The number of hydrogen-bond acceptors (Lipinski definition) is 9. The lowest BCUT2D eigenvalue weighted by Gasteiger charge is -2.35. The monoisotopic (exact) mass is 633 g/mol. The number of benzene rings is 1. The zero-order chi connectivity index (χ0) is 33.0. The van der Waals surface area contributed by atoms with E-state index in [0.717, 1.165) is 37.7 Å². The van der Waals surface area contributed by atoms with Gasteiger partial charge in [0.25, 0.3) is 5.56 Å². The summed E-state index contributed by atoms with van der Waals surface area (Å²) < 4.78 is 12.7. The first-order valence-electron chi connectivity index (χ1n) is 15.9. The van der Waals surface area contributed by atoms with E-state index in [0.29, 0.717) is 28.7 Å². The number of nitrogens with zero attached hydrogens (tertiary/aromatic N) is 2. The lowest BCUT2D eigenvalue weighted by Crippen LogP contribution is -2.47. The Kier molecular flexibility index (Phi) is 9.74. The molecule has 0 aliphatic carbocycles. The molecule has 4 heterocycles. The van der Waals surface area contributed by atoms with E-state index in [1.54, 1.807) is 25.1 Å². The van der Waals surface area contributed by atoms with Gasteiger partial charge in [-0.3, -0.25) is 14.4 Å². The fraction of sp³-hybridized carbons (Fsp3) is 0.471. The van der Waals surface area contributed by atoms with Crippen molar-refractivity contribution in [2.45, 2.75) is 103 Å². The SMILES string of the molecule is CCCCCCCCC(NC(=O)CCC(=O)O[C@]1(CC)C(=O)OCc2c1cc1n(c2=O)Cc2cc3cc(O)ccc3nc2-1)C(=O)O. The Labute approximate surface area is 265 Å². The average molecular weight is 634 g/mol. The Bertz CT molecular complexity index is 1750. The molecule has 2 atom stereocenters. The molecule has 0 saturated carbocycles. The number of amides is 1. The summed E-state index contributed by atoms with van der Waals surface area (Å²) in [5.74, 6) is -3.36. The number of nitrogens with one attached hydrogen (secondary N) is 1. The molecule has 46 heavy (non-hydrogen) atoms. The second kappa shape index (κ2) is 13.7. The van der Waals surface area contributed by atoms with Crippen molar-refractivity contribution < 1.29 is 38.9 Å². The van der Waals surface area contributed by atoms with Crippen molar-refractivity contribution in [2.75, 3.05) is 0 Å². The van der Waals surface area contributed by atoms with Crippen molar-refractivity contribution in [3.8, 4) is 17.1 Å². The maximum absolute atomic E-state index is 13.7. The van der Waals surface area contributed by atoms with Crippen molar-refractivity contribution >= 4 is 34.7 Å². The van der Waals surface area contributed by atoms with Crippen LogP contribution >= 0.6 is 0 Å². The van der Waals surface area contributed by atoms with Crippen LogP contribution in [-0.4, -0.2) is 49.6 Å². The van der Waals surface area contributed by atoms with Gasteiger partial charge in [0, 0.05) is 22.9 Å². The summed E-state index contributed by atoms with van der Waals surface area (Å²) in [6.07, 6.45) is 5.38. The number of phenolic OH excluding ortho intramolecular Hbond substituents is 1. The highest BCUT2D eigenvalue weighted by atomic mass is 16.6. The van der Waals surface area contributed by atoms with Crippen molar-refractivity contribution in [1.29, 1.82) is 0 Å². The second-order valence-corrected chi connectivity index (χ2v) is 11.9. The average Bonchev–Trinajstić information content (AvgIpc) is 3.39. The van der Waals surface area contributed by atoms with Gasteiger partial charge in [-0.25, -0.2) is 14.6 Å². The molecule has 3 N–H and O–H groups in total. The van der Waals surface area contributed by atoms with E-state index in [4.69, 9.17) is 14.5 Å². The van der Waals surface area contributed by atoms with Crippen LogP contribution in [0.15, 0.2) is 35.1 Å². The number of cyclic esters (lactones) is 1. The number of unbranched alkanes of at least 4 members (excludes halogenated alkanes) is 5. The summed E-state index contributed by atoms with van der Waals surface area (Å²) in [6, 6.07) is 7.21. The molecular weight excluding hydrogens is 594 g/mol. The smallest absolute Gasteiger partial charge is 0.355 e. The van der Waals surface area contributed by atoms with E-state index >= 15 is 0 Å². The minimum absolute atomic E-state index is 0.0315. The standard InChI is InChI=1S/C34H39N3O9/c1-3-5-6-7-8-9-10-26(32(42)43)35-28(39)13-14-29(40)46-34(4-2)24-17-27-30-21(15-20-16-22(38)11-12-25(20)36-30)18-37(27)31(41)23(24)19-45-33(34)44/h11-12,15-17,26,38H,3-10,13-14,18-19H2,1-2H3,(H,35,39)(H,42,43)/t26?,34-/m0/s1. The first-order valence-corrected chi connectivity index (χ1v) is 15.9. The lowest BCUT2D eigenvalue weighted by atomic mass is 9.85. The Balaban J connectivity index is 1.31. The normalized spacial score (nSPS) is 17.0. The maximum Gasteiger partial charge on any atom is 0.355 e. The highest BCUT2D eigenvalue weighted by Crippen LogP contribution is 2.41. The number of aromatic hydroxyl groups is 1. The summed E-state index contributed by atoms with van der Waals surface area (Å²) in [6.45, 7) is 3.69. The van der Waals surface area contributed by atoms with E-state index in [1.165, 1.54) is 10.6 Å². The zero-order valence-corrected chi connectivity index (χ0v) is 26.1. The van der Waals surface area contributed by atoms with E-state index in [-0.39, 0.29) is 49.3 Å². The Morgan fingerprint density at radius 1 is 1.07 bits per heavy atom. The van der Waals surface area contributed by atoms with Crippen LogP contribution in [0.4, 0.5) is 0 Å². The van der Waals surface area contributed by atoms with Crippen LogP contribution in [0.3, 0.4) is 0 Å². The number of aliphatic carboxylic acids is 1. The number of carbonyl (C=O) groups excluding carboxylic acids is 3. The van der Waals surface area contributed by atoms with Gasteiger partial charge < -0.3 is 29.6 Å². The summed E-state index contributed by atoms with van der Waals surface area (Å²) >= 11 is 0. The Hall–Kier alpha value is -4.74. The lowest BCUT2D eigenvalue weighted by molar-refractivity contribution is -0.189. The van der Waals surface area contributed by atoms with Crippen molar-refractivity contribution in [3.63, 3.8) is 0 Å². The van der Waals surface area contributed by atoms with Gasteiger partial charge in [0.05, 0.1) is 35.4 Å². The molecule has 5 rings (SSSR count). The first-order chi connectivity index (χ1) is 22.1. The van der Waals surface area contributed by atoms with Crippen LogP contribution < -0.4 is 10.9 Å². The van der Waals surface area contributed by atoms with E-state index < -0.39 is 47.4 Å². The van der Waals surface area contributed by atoms with Crippen molar-refractivity contribution in [3.05, 3.63) is 57.4 Å². The molecule has 3 aromatic rings. The minimum atomic E-state index is -1.91. The number of fused-ring (bicyclic) bond motifs is 5. The summed E-state index contributed by atoms with van der Waals surface area (Å²) in [7, 11) is 0. The molecular formula is C34H39N3O9. The molecule has 12 heteroatoms. The predicted molar refractivity (Wildman–Crippen MR) is 167 cm³/mol. The van der Waals surface area contributed by atoms with Crippen LogP contribution in [0.25, 0.3) is 22.3 Å². The molecule has 244 valence electrons. The van der Waals surface area contributed by atoms with E-state index in [2.05, 4.69) is 12.2 Å². The zero-order valence-electron chi connectivity index (χ0n) is 26.1. The van der Waals surface area contributed by atoms with E-state index in [1.807, 2.05) is 6.07 Å². The number of aromatic nitrogens is 2. The molecule has 2 aromatic heterocycles. The number of rotatable bonds is 14. The molecule has 0 saturated heterocycles. The largest absolute Gasteiger partial charge is 0.508 e. The van der Waals surface area contributed by atoms with Gasteiger partial charge in [-0.1, -0.05) is 52.4 Å². The molecule has 0 radical (unpaired) electrons. The number of esters is 2. The molecule has 2 aliphatic rings. The Morgan fingerprint density at radius 3 is 2.57 bits per heavy atom. The van der Waals surface area contributed by atoms with Crippen LogP contribution in [-0.2, 0) is 47.4 Å². The predicted octanol–water partition coefficient (Wildman–Crippen LogP) is 4.44. The molecule has 1 amide bonds. The molecule has 1 unspecified atom stereocenters. The van der Waals surface area contributed by atoms with Gasteiger partial charge in [0.1, 0.15) is 18.4 Å². The van der Waals surface area contributed by atoms with Gasteiger partial charge in [0.2, 0.25) is 11.5 Å². The van der Waals surface area contributed by atoms with Gasteiger partial charge >= 0.3 is 17.9 Å². The first kappa shape index (κ1) is 32.6. The van der Waals surface area contributed by atoms with Crippen LogP contribution in [0.5, 0.6) is 5.75 Å². The van der Waals surface area contributed by atoms with Crippen LogP contribution in [0.1, 0.15) is 94.7 Å². The fourth-order valence-corrected chi connectivity index (χ4v) is 6.24. The number of carboxylic acids is 1. The highest BCUT2D eigenvalue weighted by Gasteiger charge is 2.50. The maximum atomic E-state index is 13.7. The van der Waals surface area contributed by atoms with Crippen LogP contribution in [0, 0.1) is 0 Å². The number of hydrogen-bond donors (Lipinski definition) is 3. The van der Waals surface area contributed by atoms with Gasteiger partial charge in [-0.2, -0.15) is 0 Å². The number of carbonyl (C=O) groups is 4. The third-order valence-electron chi connectivity index (χ3n) is 8.78. The van der Waals surface area contributed by atoms with Gasteiger partial charge in [0.15, 0.2) is 0 Å². The second-order valence-electron chi connectivity index (χ2n) is 11.9. The topological polar surface area (TPSA) is 174 Å². The quantitative estimate of drug-likeness (QED) is 0.133. The highest BCUT2D eigenvalue weighted by molar-refractivity contribution is 5.90. The number of ether oxygens (including phenoxy) is 2. The third kappa shape index (κ3) is 6.47. The van der Waals surface area contributed by atoms with E-state index in [9.17, 15) is 34.2 Å². The fourth-order valence-electron chi connectivity index (χ4n) is 6.24. The minimum Gasteiger partial charge on any atom is -0.508 e. The van der Waals surface area contributed by atoms with Crippen LogP contribution in [0.2, 0.25) is 0 Å². The number of pyridine rings is 2. The molecule has 0 bridgehead atoms. The third-order valence-corrected chi connectivity index (χ3v) is 8.78. The number of carboxylic acid groups (broad SMARTS) is 1. The molecule has 0 fully saturated rings. The molecule has 0 spiro atoms. The summed E-state index contributed by atoms with van der Waals surface area (Å²) in [4.78, 5) is 69.1. The number of phenols is 1. The van der Waals surface area contributed by atoms with Gasteiger partial charge in [-0.05, 0) is 43.2 Å².